The average Bonchev–Trinajstić information content (AvgIpc) is 2.83. The van der Waals surface area contributed by atoms with Crippen LogP contribution in [0.1, 0.15) is 5.76 Å². The van der Waals surface area contributed by atoms with Crippen molar-refractivity contribution in [3.05, 3.63) is 82.7 Å². The van der Waals surface area contributed by atoms with Crippen molar-refractivity contribution in [2.75, 3.05) is 26.1 Å². The molecule has 0 spiro atoms. The maximum absolute atomic E-state index is 13.0. The minimum atomic E-state index is -0.359. The Balaban J connectivity index is 1.51. The first-order chi connectivity index (χ1) is 16.0. The topological polar surface area (TPSA) is 87.0 Å². The van der Waals surface area contributed by atoms with Crippen molar-refractivity contribution < 1.29 is 23.4 Å². The minimum Gasteiger partial charge on any atom is -0.497 e. The number of nitrogens with one attached hydrogen (secondary N) is 1. The molecule has 0 saturated carbocycles. The van der Waals surface area contributed by atoms with Gasteiger partial charge in [0.1, 0.15) is 28.6 Å². The summed E-state index contributed by atoms with van der Waals surface area (Å²) in [5, 5.41) is 3.19. The second-order valence-corrected chi connectivity index (χ2v) is 7.32. The van der Waals surface area contributed by atoms with Crippen LogP contribution in [-0.2, 0) is 4.79 Å². The van der Waals surface area contributed by atoms with Crippen molar-refractivity contribution in [3.63, 3.8) is 0 Å². The van der Waals surface area contributed by atoms with Crippen LogP contribution in [0, 0.1) is 6.92 Å². The number of hydrogen-bond donors (Lipinski definition) is 1. The number of anilines is 1. The van der Waals surface area contributed by atoms with Crippen molar-refractivity contribution >= 4 is 22.6 Å². The van der Waals surface area contributed by atoms with Gasteiger partial charge in [-0.2, -0.15) is 0 Å². The number of ether oxygens (including phenoxy) is 3. The lowest BCUT2D eigenvalue weighted by atomic mass is 10.0. The monoisotopic (exact) mass is 445 g/mol. The fourth-order valence-corrected chi connectivity index (χ4v) is 3.54. The molecular formula is C26H23NO6. The smallest absolute Gasteiger partial charge is 0.262 e. The molecule has 168 valence electrons. The minimum absolute atomic E-state index is 0.115. The van der Waals surface area contributed by atoms with Crippen molar-refractivity contribution in [2.24, 2.45) is 0 Å². The summed E-state index contributed by atoms with van der Waals surface area (Å²) in [6, 6.07) is 19.4. The van der Waals surface area contributed by atoms with E-state index in [0.29, 0.717) is 45.2 Å². The van der Waals surface area contributed by atoms with Crippen molar-refractivity contribution in [2.45, 2.75) is 6.92 Å². The van der Waals surface area contributed by atoms with E-state index < -0.39 is 0 Å². The van der Waals surface area contributed by atoms with Crippen LogP contribution in [0.5, 0.6) is 17.2 Å². The molecule has 4 rings (SSSR count). The van der Waals surface area contributed by atoms with E-state index in [4.69, 9.17) is 18.6 Å². The maximum atomic E-state index is 13.0. The molecule has 3 aromatic carbocycles. The highest BCUT2D eigenvalue weighted by Gasteiger charge is 2.14. The van der Waals surface area contributed by atoms with Crippen LogP contribution in [-0.4, -0.2) is 26.7 Å². The number of rotatable bonds is 7. The van der Waals surface area contributed by atoms with Gasteiger partial charge in [0.25, 0.3) is 5.91 Å². The molecule has 0 radical (unpaired) electrons. The van der Waals surface area contributed by atoms with E-state index >= 15 is 0 Å². The van der Waals surface area contributed by atoms with Gasteiger partial charge in [0.2, 0.25) is 5.43 Å². The van der Waals surface area contributed by atoms with E-state index in [0.717, 1.165) is 5.56 Å². The number of fused-ring (bicyclic) bond motifs is 1. The predicted octanol–water partition coefficient (Wildman–Crippen LogP) is 4.80. The van der Waals surface area contributed by atoms with Gasteiger partial charge in [-0.1, -0.05) is 30.3 Å². The number of hydrogen-bond acceptors (Lipinski definition) is 6. The summed E-state index contributed by atoms with van der Waals surface area (Å²) >= 11 is 0. The summed E-state index contributed by atoms with van der Waals surface area (Å²) in [4.78, 5) is 25.4. The van der Waals surface area contributed by atoms with Crippen LogP contribution in [0.3, 0.4) is 0 Å². The van der Waals surface area contributed by atoms with Gasteiger partial charge in [-0.3, -0.25) is 9.59 Å². The molecule has 0 bridgehead atoms. The Morgan fingerprint density at radius 3 is 2.27 bits per heavy atom. The van der Waals surface area contributed by atoms with Gasteiger partial charge >= 0.3 is 0 Å². The fourth-order valence-electron chi connectivity index (χ4n) is 3.54. The Morgan fingerprint density at radius 1 is 0.909 bits per heavy atom. The van der Waals surface area contributed by atoms with E-state index in [1.807, 2.05) is 30.3 Å². The zero-order valence-electron chi connectivity index (χ0n) is 18.5. The summed E-state index contributed by atoms with van der Waals surface area (Å²) in [7, 11) is 3.07. The van der Waals surface area contributed by atoms with Gasteiger partial charge in [0.05, 0.1) is 25.2 Å². The highest BCUT2D eigenvalue weighted by Crippen LogP contribution is 2.27. The van der Waals surface area contributed by atoms with Gasteiger partial charge < -0.3 is 23.9 Å². The van der Waals surface area contributed by atoms with Gasteiger partial charge in [-0.05, 0) is 24.6 Å². The zero-order valence-corrected chi connectivity index (χ0v) is 18.5. The first kappa shape index (κ1) is 22.0. The lowest BCUT2D eigenvalue weighted by Gasteiger charge is -2.11. The molecule has 0 unspecified atom stereocenters. The maximum Gasteiger partial charge on any atom is 0.262 e. The first-order valence-electron chi connectivity index (χ1n) is 10.3. The highest BCUT2D eigenvalue weighted by atomic mass is 16.5. The van der Waals surface area contributed by atoms with E-state index in [1.165, 1.54) is 14.2 Å². The number of amides is 1. The molecule has 33 heavy (non-hydrogen) atoms. The summed E-state index contributed by atoms with van der Waals surface area (Å²) in [6.07, 6.45) is 0. The standard InChI is InChI=1S/C26H23NO6/c1-16-25(17-7-5-4-6-8-17)26(29)22-10-9-19(14-23(22)33-16)32-15-24(28)27-18-11-20(30-2)13-21(12-18)31-3/h4-14H,15H2,1-3H3,(H,27,28). The number of methoxy groups -OCH3 is 2. The largest absolute Gasteiger partial charge is 0.497 e. The Labute approximate surface area is 190 Å². The van der Waals surface area contributed by atoms with E-state index in [-0.39, 0.29) is 17.9 Å². The molecule has 0 atom stereocenters. The number of carbonyl (C=O) groups is 1. The normalized spacial score (nSPS) is 10.6. The Bertz CT molecular complexity index is 1340. The van der Waals surface area contributed by atoms with Crippen molar-refractivity contribution in [1.29, 1.82) is 0 Å². The molecule has 1 N–H and O–H groups in total. The van der Waals surface area contributed by atoms with Gasteiger partial charge in [-0.25, -0.2) is 0 Å². The van der Waals surface area contributed by atoms with Crippen molar-refractivity contribution in [3.8, 4) is 28.4 Å². The fraction of sp³-hybridized carbons (Fsp3) is 0.154. The molecule has 0 saturated heterocycles. The van der Waals surface area contributed by atoms with Crippen LogP contribution in [0.4, 0.5) is 5.69 Å². The van der Waals surface area contributed by atoms with Gasteiger partial charge in [0.15, 0.2) is 6.61 Å². The lowest BCUT2D eigenvalue weighted by Crippen LogP contribution is -2.20. The number of carbonyl (C=O) groups excluding carboxylic acids is 1. The lowest BCUT2D eigenvalue weighted by molar-refractivity contribution is -0.118. The van der Waals surface area contributed by atoms with Crippen LogP contribution in [0.25, 0.3) is 22.1 Å². The van der Waals surface area contributed by atoms with E-state index in [9.17, 15) is 9.59 Å². The Morgan fingerprint density at radius 2 is 1.61 bits per heavy atom. The molecule has 1 aromatic heterocycles. The molecule has 0 fully saturated rings. The van der Waals surface area contributed by atoms with Gasteiger partial charge in [0, 0.05) is 30.0 Å². The van der Waals surface area contributed by atoms with Crippen LogP contribution in [0.2, 0.25) is 0 Å². The van der Waals surface area contributed by atoms with Crippen LogP contribution < -0.4 is 25.0 Å². The second-order valence-electron chi connectivity index (χ2n) is 7.32. The molecule has 7 nitrogen and oxygen atoms in total. The molecule has 0 aliphatic heterocycles. The summed E-state index contributed by atoms with van der Waals surface area (Å²) < 4.78 is 21.9. The third-order valence-corrected chi connectivity index (χ3v) is 5.11. The SMILES string of the molecule is COc1cc(NC(=O)COc2ccc3c(=O)c(-c4ccccc4)c(C)oc3c2)cc(OC)c1. The van der Waals surface area contributed by atoms with E-state index in [1.54, 1.807) is 43.3 Å². The predicted molar refractivity (Wildman–Crippen MR) is 126 cm³/mol. The highest BCUT2D eigenvalue weighted by molar-refractivity contribution is 5.92. The molecule has 1 amide bonds. The average molecular weight is 445 g/mol. The molecule has 0 aliphatic rings. The van der Waals surface area contributed by atoms with Gasteiger partial charge in [-0.15, -0.1) is 0 Å². The summed E-state index contributed by atoms with van der Waals surface area (Å²) in [5.74, 6) is 1.68. The third kappa shape index (κ3) is 4.82. The van der Waals surface area contributed by atoms with Crippen molar-refractivity contribution in [1.82, 2.24) is 0 Å². The quantitative estimate of drug-likeness (QED) is 0.440. The third-order valence-electron chi connectivity index (χ3n) is 5.11. The Hall–Kier alpha value is -4.26. The summed E-state index contributed by atoms with van der Waals surface area (Å²) in [6.45, 7) is 1.53. The van der Waals surface area contributed by atoms with Crippen LogP contribution >= 0.6 is 0 Å². The van der Waals surface area contributed by atoms with E-state index in [2.05, 4.69) is 5.32 Å². The Kier molecular flexibility index (Phi) is 6.31. The second kappa shape index (κ2) is 9.48. The summed E-state index contributed by atoms with van der Waals surface area (Å²) in [5.41, 5.74) is 2.14. The molecule has 0 aliphatic carbocycles. The first-order valence-corrected chi connectivity index (χ1v) is 10.3. The van der Waals surface area contributed by atoms with Crippen LogP contribution in [0.15, 0.2) is 75.9 Å². The zero-order chi connectivity index (χ0) is 23.4. The molecule has 1 heterocycles. The molecule has 7 heteroatoms. The molecule has 4 aromatic rings. The molecular weight excluding hydrogens is 422 g/mol. The number of benzene rings is 3. The number of aryl methyl sites for hydroxylation is 1.